The number of aryl methyl sites for hydroxylation is 2. The molecule has 156 valence electrons. The highest BCUT2D eigenvalue weighted by molar-refractivity contribution is 8.00. The third-order valence-electron chi connectivity index (χ3n) is 4.59. The predicted molar refractivity (Wildman–Crippen MR) is 120 cm³/mol. The maximum atomic E-state index is 13.3. The van der Waals surface area contributed by atoms with E-state index in [9.17, 15) is 9.90 Å². The van der Waals surface area contributed by atoms with Crippen LogP contribution in [0.1, 0.15) is 21.9 Å². The molecule has 0 fully saturated rings. The molecule has 3 aromatic carbocycles. The van der Waals surface area contributed by atoms with Gasteiger partial charge in [0.05, 0.1) is 5.69 Å². The maximum absolute atomic E-state index is 13.3. The highest BCUT2D eigenvalue weighted by Crippen LogP contribution is 2.36. The van der Waals surface area contributed by atoms with Crippen LogP contribution in [0.2, 0.25) is 0 Å². The van der Waals surface area contributed by atoms with Crippen molar-refractivity contribution in [2.45, 2.75) is 24.3 Å². The molecule has 4 rings (SSSR count). The number of nitrogens with zero attached hydrogens (tertiary/aromatic N) is 4. The zero-order chi connectivity index (χ0) is 21.8. The summed E-state index contributed by atoms with van der Waals surface area (Å²) in [5, 5.41) is 24.4. The Balaban J connectivity index is 1.65. The van der Waals surface area contributed by atoms with Crippen molar-refractivity contribution < 1.29 is 9.90 Å². The smallest absolute Gasteiger partial charge is 0.242 e. The summed E-state index contributed by atoms with van der Waals surface area (Å²) in [6, 6.07) is 22.0. The average molecular weight is 432 g/mol. The number of carbonyl (C=O) groups excluding carboxylic acids is 1. The minimum atomic E-state index is -0.566. The van der Waals surface area contributed by atoms with E-state index in [2.05, 4.69) is 26.9 Å². The number of carbonyl (C=O) groups is 1. The highest BCUT2D eigenvalue weighted by Gasteiger charge is 2.25. The summed E-state index contributed by atoms with van der Waals surface area (Å²) < 4.78 is 1.55. The fourth-order valence-corrected chi connectivity index (χ4v) is 4.26. The van der Waals surface area contributed by atoms with E-state index in [1.807, 2.05) is 56.3 Å². The molecule has 8 heteroatoms. The molecule has 2 N–H and O–H groups in total. The van der Waals surface area contributed by atoms with Gasteiger partial charge in [-0.15, -0.1) is 5.10 Å². The minimum absolute atomic E-state index is 0.154. The van der Waals surface area contributed by atoms with E-state index in [0.29, 0.717) is 10.8 Å². The summed E-state index contributed by atoms with van der Waals surface area (Å²) in [6.07, 6.45) is 0. The Hall–Kier alpha value is -3.65. The molecule has 0 bridgehead atoms. The molecule has 1 unspecified atom stereocenters. The molecule has 0 saturated heterocycles. The molecule has 31 heavy (non-hydrogen) atoms. The Morgan fingerprint density at radius 3 is 2.35 bits per heavy atom. The van der Waals surface area contributed by atoms with Gasteiger partial charge in [-0.25, -0.2) is 0 Å². The number of thioether (sulfide) groups is 1. The van der Waals surface area contributed by atoms with Crippen LogP contribution in [-0.4, -0.2) is 31.2 Å². The highest BCUT2D eigenvalue weighted by atomic mass is 32.2. The third kappa shape index (κ3) is 4.92. The molecule has 1 heterocycles. The van der Waals surface area contributed by atoms with E-state index in [4.69, 9.17) is 0 Å². The van der Waals surface area contributed by atoms with Gasteiger partial charge in [0.2, 0.25) is 11.1 Å². The first-order chi connectivity index (χ1) is 15.0. The summed E-state index contributed by atoms with van der Waals surface area (Å²) in [5.41, 5.74) is 4.44. The van der Waals surface area contributed by atoms with Gasteiger partial charge in [0.1, 0.15) is 11.0 Å². The molecule has 0 aliphatic heterocycles. The largest absolute Gasteiger partial charge is 0.508 e. The lowest BCUT2D eigenvalue weighted by Crippen LogP contribution is -2.19. The van der Waals surface area contributed by atoms with Crippen LogP contribution >= 0.6 is 11.8 Å². The number of benzene rings is 3. The fourth-order valence-electron chi connectivity index (χ4n) is 3.27. The van der Waals surface area contributed by atoms with Crippen LogP contribution in [0.3, 0.4) is 0 Å². The molecule has 0 saturated carbocycles. The Morgan fingerprint density at radius 2 is 1.68 bits per heavy atom. The third-order valence-corrected chi connectivity index (χ3v) is 5.78. The van der Waals surface area contributed by atoms with Gasteiger partial charge < -0.3 is 10.4 Å². The first-order valence-electron chi connectivity index (χ1n) is 9.68. The van der Waals surface area contributed by atoms with Crippen molar-refractivity contribution in [2.75, 3.05) is 5.32 Å². The zero-order valence-electron chi connectivity index (χ0n) is 17.1. The standard InChI is InChI=1S/C23H21N5O2S/c1-15-12-16(2)14-18(13-15)24-22(30)21(17-6-4-3-5-7-17)31-23-25-26-27-28(23)19-8-10-20(29)11-9-19/h3-14,21,29H,1-2H3,(H,24,30). The maximum Gasteiger partial charge on any atom is 0.242 e. The van der Waals surface area contributed by atoms with Crippen molar-refractivity contribution in [1.82, 2.24) is 20.2 Å². The Labute approximate surface area is 184 Å². The van der Waals surface area contributed by atoms with E-state index in [1.54, 1.807) is 28.9 Å². The second-order valence-corrected chi connectivity index (χ2v) is 8.24. The number of rotatable bonds is 6. The Kier molecular flexibility index (Phi) is 5.99. The van der Waals surface area contributed by atoms with Crippen LogP contribution in [0.25, 0.3) is 5.69 Å². The second-order valence-electron chi connectivity index (χ2n) is 7.16. The number of phenolic OH excluding ortho intramolecular Hbond substituents is 1. The number of aromatic nitrogens is 4. The molecule has 0 spiro atoms. The number of aromatic hydroxyl groups is 1. The zero-order valence-corrected chi connectivity index (χ0v) is 17.9. The molecule has 1 atom stereocenters. The summed E-state index contributed by atoms with van der Waals surface area (Å²) in [7, 11) is 0. The van der Waals surface area contributed by atoms with Crippen LogP contribution in [0.15, 0.2) is 78.0 Å². The Morgan fingerprint density at radius 1 is 1.00 bits per heavy atom. The lowest BCUT2D eigenvalue weighted by Gasteiger charge is -2.17. The number of amides is 1. The van der Waals surface area contributed by atoms with Gasteiger partial charge >= 0.3 is 0 Å². The molecule has 7 nitrogen and oxygen atoms in total. The first-order valence-corrected chi connectivity index (χ1v) is 10.6. The van der Waals surface area contributed by atoms with E-state index < -0.39 is 5.25 Å². The minimum Gasteiger partial charge on any atom is -0.508 e. The summed E-state index contributed by atoms with van der Waals surface area (Å²) in [4.78, 5) is 13.3. The van der Waals surface area contributed by atoms with E-state index in [0.717, 1.165) is 22.4 Å². The average Bonchev–Trinajstić information content (AvgIpc) is 3.20. The summed E-state index contributed by atoms with van der Waals surface area (Å²) >= 11 is 1.26. The van der Waals surface area contributed by atoms with Crippen LogP contribution in [0.5, 0.6) is 5.75 Å². The van der Waals surface area contributed by atoms with Crippen LogP contribution < -0.4 is 5.32 Å². The number of hydrogen-bond donors (Lipinski definition) is 2. The normalized spacial score (nSPS) is 11.8. The molecule has 0 radical (unpaired) electrons. The van der Waals surface area contributed by atoms with Crippen molar-refractivity contribution in [1.29, 1.82) is 0 Å². The molecule has 0 aliphatic rings. The van der Waals surface area contributed by atoms with Crippen molar-refractivity contribution >= 4 is 23.4 Å². The molecule has 4 aromatic rings. The molecule has 0 aliphatic carbocycles. The number of anilines is 1. The molecular weight excluding hydrogens is 410 g/mol. The van der Waals surface area contributed by atoms with Gasteiger partial charge in [0.25, 0.3) is 0 Å². The summed E-state index contributed by atoms with van der Waals surface area (Å²) in [6.45, 7) is 4.00. The molecule has 1 amide bonds. The van der Waals surface area contributed by atoms with E-state index in [-0.39, 0.29) is 11.7 Å². The van der Waals surface area contributed by atoms with Crippen LogP contribution in [0, 0.1) is 13.8 Å². The van der Waals surface area contributed by atoms with Crippen molar-refractivity contribution in [3.63, 3.8) is 0 Å². The van der Waals surface area contributed by atoms with Gasteiger partial charge in [-0.1, -0.05) is 48.2 Å². The predicted octanol–water partition coefficient (Wildman–Crippen LogP) is 4.46. The Bertz CT molecular complexity index is 1170. The van der Waals surface area contributed by atoms with Gasteiger partial charge in [0.15, 0.2) is 0 Å². The quantitative estimate of drug-likeness (QED) is 0.438. The number of phenols is 1. The summed E-state index contributed by atoms with van der Waals surface area (Å²) in [5.74, 6) is -0.0116. The van der Waals surface area contributed by atoms with Crippen molar-refractivity contribution in [2.24, 2.45) is 0 Å². The van der Waals surface area contributed by atoms with E-state index >= 15 is 0 Å². The van der Waals surface area contributed by atoms with Crippen molar-refractivity contribution in [3.05, 3.63) is 89.5 Å². The topological polar surface area (TPSA) is 92.9 Å². The van der Waals surface area contributed by atoms with Gasteiger partial charge in [-0.3, -0.25) is 4.79 Å². The van der Waals surface area contributed by atoms with Gasteiger partial charge in [-0.05, 0) is 77.4 Å². The first kappa shape index (κ1) is 20.6. The van der Waals surface area contributed by atoms with Gasteiger partial charge in [0, 0.05) is 5.69 Å². The van der Waals surface area contributed by atoms with Gasteiger partial charge in [-0.2, -0.15) is 4.68 Å². The lowest BCUT2D eigenvalue weighted by atomic mass is 10.1. The number of nitrogens with one attached hydrogen (secondary N) is 1. The lowest BCUT2D eigenvalue weighted by molar-refractivity contribution is -0.115. The van der Waals surface area contributed by atoms with Crippen molar-refractivity contribution in [3.8, 4) is 11.4 Å². The molecular formula is C23H21N5O2S. The van der Waals surface area contributed by atoms with Crippen LogP contribution in [0.4, 0.5) is 5.69 Å². The number of hydrogen-bond acceptors (Lipinski definition) is 6. The molecule has 1 aromatic heterocycles. The van der Waals surface area contributed by atoms with Crippen LogP contribution in [-0.2, 0) is 4.79 Å². The fraction of sp³-hybridized carbons (Fsp3) is 0.130. The second kappa shape index (κ2) is 9.01. The SMILES string of the molecule is Cc1cc(C)cc(NC(=O)C(Sc2nnnn2-c2ccc(O)cc2)c2ccccc2)c1. The van der Waals surface area contributed by atoms with E-state index in [1.165, 1.54) is 11.8 Å². The monoisotopic (exact) mass is 431 g/mol. The number of tetrazole rings is 1.